The van der Waals surface area contributed by atoms with Gasteiger partial charge in [0.15, 0.2) is 0 Å². The van der Waals surface area contributed by atoms with Crippen molar-refractivity contribution in [3.8, 4) is 0 Å². The Morgan fingerprint density at radius 1 is 1.24 bits per heavy atom. The Morgan fingerprint density at radius 3 is 2.24 bits per heavy atom. The number of aliphatic hydroxyl groups is 2. The van der Waals surface area contributed by atoms with E-state index < -0.39 is 12.2 Å². The van der Waals surface area contributed by atoms with Crippen LogP contribution in [-0.2, 0) is 6.54 Å². The number of carbonyl (C=O) groups is 1. The number of hydrogen-bond acceptors (Lipinski definition) is 4. The molecule has 0 bridgehead atoms. The molecule has 1 aliphatic heterocycles. The second-order valence-electron chi connectivity index (χ2n) is 4.25. The third-order valence-corrected chi connectivity index (χ3v) is 2.98. The van der Waals surface area contributed by atoms with E-state index in [0.717, 1.165) is 5.56 Å². The van der Waals surface area contributed by atoms with Crippen LogP contribution in [0.25, 0.3) is 0 Å². The maximum Gasteiger partial charge on any atom is 0.254 e. The van der Waals surface area contributed by atoms with Crippen molar-refractivity contribution in [1.29, 1.82) is 0 Å². The van der Waals surface area contributed by atoms with Gasteiger partial charge in [0.1, 0.15) is 0 Å². The second-order valence-corrected chi connectivity index (χ2v) is 4.25. The molecule has 17 heavy (non-hydrogen) atoms. The van der Waals surface area contributed by atoms with E-state index in [0.29, 0.717) is 12.1 Å². The van der Waals surface area contributed by atoms with Crippen molar-refractivity contribution in [1.82, 2.24) is 4.90 Å². The van der Waals surface area contributed by atoms with E-state index in [2.05, 4.69) is 0 Å². The molecule has 0 aromatic heterocycles. The third-order valence-electron chi connectivity index (χ3n) is 2.98. The van der Waals surface area contributed by atoms with E-state index in [1.807, 2.05) is 0 Å². The molecule has 4 N–H and O–H groups in total. The molecule has 92 valence electrons. The topological polar surface area (TPSA) is 86.8 Å². The fourth-order valence-electron chi connectivity index (χ4n) is 1.90. The molecule has 0 radical (unpaired) electrons. The molecule has 0 saturated carbocycles. The molecule has 1 aromatic rings. The predicted octanol–water partition coefficient (Wildman–Crippen LogP) is -0.677. The van der Waals surface area contributed by atoms with Crippen LogP contribution in [0.1, 0.15) is 15.9 Å². The molecule has 1 aromatic carbocycles. The lowest BCUT2D eigenvalue weighted by atomic mass is 10.1. The van der Waals surface area contributed by atoms with Gasteiger partial charge in [-0.25, -0.2) is 0 Å². The summed E-state index contributed by atoms with van der Waals surface area (Å²) in [6.07, 6.45) is -1.69. The highest BCUT2D eigenvalue weighted by Gasteiger charge is 2.32. The lowest BCUT2D eigenvalue weighted by Gasteiger charge is -2.15. The normalized spacial score (nSPS) is 24.1. The van der Waals surface area contributed by atoms with Crippen LogP contribution in [0.15, 0.2) is 24.3 Å². The maximum atomic E-state index is 12.0. The number of aliphatic hydroxyl groups excluding tert-OH is 2. The fourth-order valence-corrected chi connectivity index (χ4v) is 1.90. The highest BCUT2D eigenvalue weighted by molar-refractivity contribution is 5.94. The zero-order valence-corrected chi connectivity index (χ0v) is 9.41. The number of nitrogens with zero attached hydrogens (tertiary/aromatic N) is 1. The van der Waals surface area contributed by atoms with Gasteiger partial charge >= 0.3 is 0 Å². The molecule has 2 rings (SSSR count). The molecule has 1 amide bonds. The van der Waals surface area contributed by atoms with Crippen molar-refractivity contribution in [3.63, 3.8) is 0 Å². The van der Waals surface area contributed by atoms with Crippen LogP contribution in [0.2, 0.25) is 0 Å². The average molecular weight is 236 g/mol. The molecule has 1 fully saturated rings. The largest absolute Gasteiger partial charge is 0.388 e. The summed E-state index contributed by atoms with van der Waals surface area (Å²) in [6.45, 7) is 0.799. The molecular weight excluding hydrogens is 220 g/mol. The maximum absolute atomic E-state index is 12.0. The van der Waals surface area contributed by atoms with Crippen LogP contribution in [0.5, 0.6) is 0 Å². The Bertz CT molecular complexity index is 395. The Balaban J connectivity index is 2.09. The lowest BCUT2D eigenvalue weighted by Crippen LogP contribution is -2.29. The van der Waals surface area contributed by atoms with Crippen molar-refractivity contribution in [2.24, 2.45) is 5.73 Å². The summed E-state index contributed by atoms with van der Waals surface area (Å²) in [7, 11) is 0. The van der Waals surface area contributed by atoms with Gasteiger partial charge in [-0.2, -0.15) is 0 Å². The van der Waals surface area contributed by atoms with Crippen molar-refractivity contribution < 1.29 is 15.0 Å². The summed E-state index contributed by atoms with van der Waals surface area (Å²) in [5.41, 5.74) is 6.98. The smallest absolute Gasteiger partial charge is 0.254 e. The van der Waals surface area contributed by atoms with E-state index >= 15 is 0 Å². The first kappa shape index (κ1) is 12.0. The molecule has 2 atom stereocenters. The quantitative estimate of drug-likeness (QED) is 0.635. The number of hydrogen-bond donors (Lipinski definition) is 3. The summed E-state index contributed by atoms with van der Waals surface area (Å²) in [5.74, 6) is -0.177. The number of likely N-dealkylation sites (tertiary alicyclic amines) is 1. The summed E-state index contributed by atoms with van der Waals surface area (Å²) < 4.78 is 0. The van der Waals surface area contributed by atoms with Gasteiger partial charge in [0.2, 0.25) is 0 Å². The van der Waals surface area contributed by atoms with Crippen molar-refractivity contribution in [2.45, 2.75) is 18.8 Å². The SMILES string of the molecule is NCc1ccc(C(=O)N2C[C@@H](O)[C@@H](O)C2)cc1. The van der Waals surface area contributed by atoms with Gasteiger partial charge in [0.25, 0.3) is 5.91 Å². The molecular formula is C12H16N2O3. The average Bonchev–Trinajstić information content (AvgIpc) is 2.69. The molecule has 0 unspecified atom stereocenters. The van der Waals surface area contributed by atoms with Gasteiger partial charge in [-0.15, -0.1) is 0 Å². The molecule has 0 spiro atoms. The number of β-amino-alcohol motifs (C(OH)–C–C–N with tert-alkyl or cyclic N) is 2. The van der Waals surface area contributed by atoms with Crippen molar-refractivity contribution in [2.75, 3.05) is 13.1 Å². The van der Waals surface area contributed by atoms with Crippen LogP contribution in [0.4, 0.5) is 0 Å². The van der Waals surface area contributed by atoms with E-state index in [1.54, 1.807) is 24.3 Å². The zero-order chi connectivity index (χ0) is 12.4. The second kappa shape index (κ2) is 4.83. The van der Waals surface area contributed by atoms with Gasteiger partial charge in [0, 0.05) is 25.2 Å². The molecule has 0 aliphatic carbocycles. The van der Waals surface area contributed by atoms with E-state index in [1.165, 1.54) is 4.90 Å². The van der Waals surface area contributed by atoms with Gasteiger partial charge < -0.3 is 20.8 Å². The van der Waals surface area contributed by atoms with Gasteiger partial charge in [0.05, 0.1) is 12.2 Å². The summed E-state index contributed by atoms with van der Waals surface area (Å²) in [5, 5.41) is 18.8. The monoisotopic (exact) mass is 236 g/mol. The molecule has 5 nitrogen and oxygen atoms in total. The van der Waals surface area contributed by atoms with Gasteiger partial charge in [-0.3, -0.25) is 4.79 Å². The molecule has 1 heterocycles. The number of benzene rings is 1. The number of carbonyl (C=O) groups excluding carboxylic acids is 1. The third kappa shape index (κ3) is 2.46. The number of amides is 1. The highest BCUT2D eigenvalue weighted by atomic mass is 16.3. The predicted molar refractivity (Wildman–Crippen MR) is 62.3 cm³/mol. The highest BCUT2D eigenvalue weighted by Crippen LogP contribution is 2.14. The first-order valence-electron chi connectivity index (χ1n) is 5.56. The zero-order valence-electron chi connectivity index (χ0n) is 9.41. The first-order chi connectivity index (χ1) is 8.11. The van der Waals surface area contributed by atoms with Crippen molar-refractivity contribution in [3.05, 3.63) is 35.4 Å². The number of rotatable bonds is 2. The van der Waals surface area contributed by atoms with Crippen LogP contribution in [0.3, 0.4) is 0 Å². The van der Waals surface area contributed by atoms with Gasteiger partial charge in [-0.05, 0) is 17.7 Å². The fraction of sp³-hybridized carbons (Fsp3) is 0.417. The Morgan fingerprint density at radius 2 is 1.76 bits per heavy atom. The van der Waals surface area contributed by atoms with Crippen LogP contribution >= 0.6 is 0 Å². The van der Waals surface area contributed by atoms with Crippen LogP contribution in [-0.4, -0.2) is 46.3 Å². The summed E-state index contributed by atoms with van der Waals surface area (Å²) >= 11 is 0. The van der Waals surface area contributed by atoms with E-state index in [4.69, 9.17) is 5.73 Å². The van der Waals surface area contributed by atoms with Crippen molar-refractivity contribution >= 4 is 5.91 Å². The van der Waals surface area contributed by atoms with E-state index in [9.17, 15) is 15.0 Å². The minimum atomic E-state index is -0.845. The Kier molecular flexibility index (Phi) is 3.42. The lowest BCUT2D eigenvalue weighted by molar-refractivity contribution is 0.0572. The molecule has 1 saturated heterocycles. The minimum absolute atomic E-state index is 0.177. The first-order valence-corrected chi connectivity index (χ1v) is 5.56. The Labute approximate surface area is 99.5 Å². The Hall–Kier alpha value is -1.43. The van der Waals surface area contributed by atoms with Crippen LogP contribution < -0.4 is 5.73 Å². The number of nitrogens with two attached hydrogens (primary N) is 1. The molecule has 1 aliphatic rings. The summed E-state index contributed by atoms with van der Waals surface area (Å²) in [6, 6.07) is 7.02. The van der Waals surface area contributed by atoms with E-state index in [-0.39, 0.29) is 19.0 Å². The minimum Gasteiger partial charge on any atom is -0.388 e. The molecule has 5 heteroatoms. The van der Waals surface area contributed by atoms with Crippen LogP contribution in [0, 0.1) is 0 Å². The summed E-state index contributed by atoms with van der Waals surface area (Å²) in [4.78, 5) is 13.5. The standard InChI is InChI=1S/C12H16N2O3/c13-5-8-1-3-9(4-2-8)12(17)14-6-10(15)11(16)7-14/h1-4,10-11,15-16H,5-7,13H2/t10-,11+. The van der Waals surface area contributed by atoms with Gasteiger partial charge in [-0.1, -0.05) is 12.1 Å².